The number of nitrogens with one attached hydrogen (secondary N) is 4. The van der Waals surface area contributed by atoms with Crippen LogP contribution in [0.2, 0.25) is 0 Å². The Morgan fingerprint density at radius 2 is 1.81 bits per heavy atom. The molecule has 310 valence electrons. The minimum atomic E-state index is -0.912. The van der Waals surface area contributed by atoms with Gasteiger partial charge >= 0.3 is 0 Å². The molecule has 2 saturated heterocycles. The van der Waals surface area contributed by atoms with Gasteiger partial charge in [-0.15, -0.1) is 11.3 Å². The number of carbonyl (C=O) groups is 4. The molecular formula is C41H58N8O7S. The number of likely N-dealkylation sites (tertiary alicyclic amines) is 2. The molecule has 2 aromatic carbocycles. The van der Waals surface area contributed by atoms with Crippen LogP contribution in [-0.2, 0) is 25.7 Å². The number of nitrogens with zero attached hydrogens (tertiary/aromatic N) is 3. The third kappa shape index (κ3) is 12.2. The second kappa shape index (κ2) is 20.2. The van der Waals surface area contributed by atoms with Gasteiger partial charge < -0.3 is 51.4 Å². The minimum Gasteiger partial charge on any atom is -0.495 e. The van der Waals surface area contributed by atoms with E-state index < -0.39 is 29.5 Å². The number of aromatic nitrogens is 1. The van der Waals surface area contributed by atoms with Crippen molar-refractivity contribution in [3.05, 3.63) is 64.8 Å². The van der Waals surface area contributed by atoms with Crippen LogP contribution in [-0.4, -0.2) is 127 Å². The maximum absolute atomic E-state index is 13.9. The van der Waals surface area contributed by atoms with Crippen LogP contribution in [0.25, 0.3) is 10.4 Å². The number of piperidine rings is 1. The Morgan fingerprint density at radius 3 is 2.47 bits per heavy atom. The van der Waals surface area contributed by atoms with Crippen molar-refractivity contribution in [2.24, 2.45) is 5.41 Å². The molecule has 0 bridgehead atoms. The molecule has 5 rings (SSSR count). The van der Waals surface area contributed by atoms with E-state index in [0.717, 1.165) is 54.2 Å². The van der Waals surface area contributed by atoms with E-state index in [0.29, 0.717) is 36.8 Å². The molecule has 3 aromatic rings. The molecule has 57 heavy (non-hydrogen) atoms. The van der Waals surface area contributed by atoms with Gasteiger partial charge in [-0.1, -0.05) is 45.0 Å². The summed E-state index contributed by atoms with van der Waals surface area (Å²) in [7, 11) is 1.52. The third-order valence-electron chi connectivity index (χ3n) is 10.4. The van der Waals surface area contributed by atoms with Crippen molar-refractivity contribution in [1.29, 1.82) is 0 Å². The van der Waals surface area contributed by atoms with Crippen LogP contribution in [0.1, 0.15) is 61.6 Å². The monoisotopic (exact) mass is 806 g/mol. The van der Waals surface area contributed by atoms with Gasteiger partial charge in [0.25, 0.3) is 5.91 Å². The van der Waals surface area contributed by atoms with E-state index in [1.54, 1.807) is 29.5 Å². The molecule has 0 spiro atoms. The quantitative estimate of drug-likeness (QED) is 0.0865. The van der Waals surface area contributed by atoms with Gasteiger partial charge in [0.05, 0.1) is 54.7 Å². The maximum atomic E-state index is 13.9. The Hall–Kier alpha value is -4.61. The van der Waals surface area contributed by atoms with Gasteiger partial charge in [0.1, 0.15) is 17.8 Å². The van der Waals surface area contributed by atoms with Crippen LogP contribution in [0.3, 0.4) is 0 Å². The van der Waals surface area contributed by atoms with E-state index in [1.807, 2.05) is 57.5 Å². The van der Waals surface area contributed by atoms with Crippen molar-refractivity contribution in [2.75, 3.05) is 65.3 Å². The number of aryl methyl sites for hydroxylation is 1. The third-order valence-corrected chi connectivity index (χ3v) is 11.4. The second-order valence-electron chi connectivity index (χ2n) is 15.8. The number of rotatable bonds is 17. The van der Waals surface area contributed by atoms with Crippen molar-refractivity contribution in [2.45, 2.75) is 77.7 Å². The molecule has 3 atom stereocenters. The number of thiazole rings is 1. The van der Waals surface area contributed by atoms with E-state index in [-0.39, 0.29) is 49.8 Å². The van der Waals surface area contributed by atoms with Gasteiger partial charge in [0, 0.05) is 57.3 Å². The molecule has 0 unspecified atom stereocenters. The first-order valence-electron chi connectivity index (χ1n) is 19.5. The Balaban J connectivity index is 0.985. The van der Waals surface area contributed by atoms with Crippen molar-refractivity contribution in [3.63, 3.8) is 0 Å². The first-order chi connectivity index (χ1) is 27.2. The van der Waals surface area contributed by atoms with Gasteiger partial charge in [0.15, 0.2) is 0 Å². The highest BCUT2D eigenvalue weighted by Gasteiger charge is 2.44. The van der Waals surface area contributed by atoms with Crippen LogP contribution in [0.15, 0.2) is 48.0 Å². The fourth-order valence-electron chi connectivity index (χ4n) is 7.06. The summed E-state index contributed by atoms with van der Waals surface area (Å²) in [4.78, 5) is 62.1. The van der Waals surface area contributed by atoms with Gasteiger partial charge in [-0.2, -0.15) is 0 Å². The number of ether oxygens (including phenoxy) is 2. The van der Waals surface area contributed by atoms with Crippen molar-refractivity contribution < 1.29 is 33.8 Å². The van der Waals surface area contributed by atoms with Crippen LogP contribution in [0, 0.1) is 12.3 Å². The summed E-state index contributed by atoms with van der Waals surface area (Å²) < 4.78 is 11.0. The van der Waals surface area contributed by atoms with Crippen molar-refractivity contribution >= 4 is 40.7 Å². The molecule has 4 amide bonds. The number of carbonyl (C=O) groups excluding carboxylic acids is 4. The van der Waals surface area contributed by atoms with E-state index in [2.05, 4.69) is 31.2 Å². The van der Waals surface area contributed by atoms with E-state index in [1.165, 1.54) is 12.0 Å². The maximum Gasteiger partial charge on any atom is 0.251 e. The van der Waals surface area contributed by atoms with Crippen LogP contribution < -0.4 is 31.7 Å². The van der Waals surface area contributed by atoms with Crippen LogP contribution in [0.4, 0.5) is 5.69 Å². The molecule has 1 aromatic heterocycles. The predicted octanol–water partition coefficient (Wildman–Crippen LogP) is 2.32. The predicted molar refractivity (Wildman–Crippen MR) is 220 cm³/mol. The largest absolute Gasteiger partial charge is 0.495 e. The summed E-state index contributed by atoms with van der Waals surface area (Å²) in [6, 6.07) is 11.2. The first-order valence-corrected chi connectivity index (χ1v) is 20.4. The van der Waals surface area contributed by atoms with Gasteiger partial charge in [-0.05, 0) is 54.5 Å². The zero-order chi connectivity index (χ0) is 41.1. The first kappa shape index (κ1) is 43.5. The highest BCUT2D eigenvalue weighted by molar-refractivity contribution is 7.13. The summed E-state index contributed by atoms with van der Waals surface area (Å²) in [5, 5.41) is 22.5. The molecule has 7 N–H and O–H groups in total. The number of amides is 4. The summed E-state index contributed by atoms with van der Waals surface area (Å²) in [6.45, 7) is 11.6. The van der Waals surface area contributed by atoms with Gasteiger partial charge in [-0.25, -0.2) is 4.98 Å². The molecule has 3 heterocycles. The number of anilines is 1. The number of hydrogen-bond donors (Lipinski definition) is 6. The number of aliphatic hydroxyl groups is 1. The normalized spacial score (nSPS) is 18.2. The zero-order valence-corrected chi connectivity index (χ0v) is 34.5. The lowest BCUT2D eigenvalue weighted by molar-refractivity contribution is -0.144. The highest BCUT2D eigenvalue weighted by atomic mass is 32.1. The summed E-state index contributed by atoms with van der Waals surface area (Å²) in [5.74, 6) is -0.783. The molecule has 2 aliphatic heterocycles. The van der Waals surface area contributed by atoms with Crippen molar-refractivity contribution in [3.8, 4) is 16.2 Å². The van der Waals surface area contributed by atoms with Crippen molar-refractivity contribution in [1.82, 2.24) is 36.1 Å². The summed E-state index contributed by atoms with van der Waals surface area (Å²) in [5.41, 5.74) is 11.0. The standard InChI is InChI=1S/C41H58N8O7S/c1-26-36(57-25-45-26)28-8-6-27(7-9-28)22-44-39(53)33-21-31(50)24-49(33)40(54)37(41(2,3)4)47-35(51)23-43-14-18-56-19-17-48-15-12-30(13-16-48)46-38(52)29-10-11-32(42)34(20-29)55-5/h6-11,20,25,30-31,33,37,43,50H,12-19,21-24,42H2,1-5H3,(H,44,53)(H,46,52)(H,47,51)/t31-,33+,37-/m1/s1. The fourth-order valence-corrected chi connectivity index (χ4v) is 7.87. The SMILES string of the molecule is COc1cc(C(=O)NC2CCN(CCOCCNCC(=O)N[C@H](C(=O)N3C[C@H](O)C[C@H]3C(=O)NCc3ccc(-c4scnc4C)cc3)C(C)(C)C)CC2)ccc1N. The molecule has 2 fully saturated rings. The number of nitrogens with two attached hydrogens (primary N) is 1. The number of nitrogen functional groups attached to an aromatic ring is 1. The molecule has 15 nitrogen and oxygen atoms in total. The highest BCUT2D eigenvalue weighted by Crippen LogP contribution is 2.28. The summed E-state index contributed by atoms with van der Waals surface area (Å²) in [6.07, 6.45) is 0.938. The van der Waals surface area contributed by atoms with E-state index >= 15 is 0 Å². The molecule has 0 saturated carbocycles. The van der Waals surface area contributed by atoms with Crippen LogP contribution in [0.5, 0.6) is 5.75 Å². The number of aliphatic hydroxyl groups excluding tert-OH is 1. The Labute approximate surface area is 339 Å². The lowest BCUT2D eigenvalue weighted by atomic mass is 9.85. The zero-order valence-electron chi connectivity index (χ0n) is 33.6. The average Bonchev–Trinajstić information content (AvgIpc) is 3.81. The number of benzene rings is 2. The van der Waals surface area contributed by atoms with E-state index in [4.69, 9.17) is 15.2 Å². The lowest BCUT2D eigenvalue weighted by Crippen LogP contribution is -2.58. The number of β-amino-alcohol motifs (C(OH)–C–C–N with tert-alkyl or cyclic N) is 1. The Kier molecular flexibility index (Phi) is 15.4. The van der Waals surface area contributed by atoms with Gasteiger partial charge in [0.2, 0.25) is 17.7 Å². The summed E-state index contributed by atoms with van der Waals surface area (Å²) >= 11 is 1.58. The lowest BCUT2D eigenvalue weighted by Gasteiger charge is -2.35. The Morgan fingerprint density at radius 1 is 1.07 bits per heavy atom. The number of methoxy groups -OCH3 is 1. The van der Waals surface area contributed by atoms with Gasteiger partial charge in [-0.3, -0.25) is 19.2 Å². The second-order valence-corrected chi connectivity index (χ2v) is 16.6. The topological polar surface area (TPSA) is 200 Å². The minimum absolute atomic E-state index is 0.00690. The number of hydrogen-bond acceptors (Lipinski definition) is 12. The van der Waals surface area contributed by atoms with E-state index in [9.17, 15) is 24.3 Å². The molecule has 16 heteroatoms. The Bertz CT molecular complexity index is 1820. The molecule has 2 aliphatic rings. The average molecular weight is 807 g/mol. The smallest absolute Gasteiger partial charge is 0.251 e. The molecular weight excluding hydrogens is 749 g/mol. The molecule has 0 radical (unpaired) electrons. The fraction of sp³-hybridized carbons (Fsp3) is 0.537. The van der Waals surface area contributed by atoms with Crippen LogP contribution >= 0.6 is 11.3 Å². The molecule has 0 aliphatic carbocycles.